The number of ketones is 1. The van der Waals surface area contributed by atoms with Crippen LogP contribution in [0.3, 0.4) is 0 Å². The summed E-state index contributed by atoms with van der Waals surface area (Å²) < 4.78 is 4.82. The number of hydrogen-bond donors (Lipinski definition) is 0. The Kier molecular flexibility index (Phi) is 6.13. The number of piperazine rings is 1. The number of carbonyl (C=O) groups is 2. The van der Waals surface area contributed by atoms with E-state index < -0.39 is 0 Å². The number of nitrogens with zero attached hydrogens (tertiary/aromatic N) is 3. The van der Waals surface area contributed by atoms with Gasteiger partial charge in [0.1, 0.15) is 5.78 Å². The van der Waals surface area contributed by atoms with Crippen LogP contribution in [0.25, 0.3) is 0 Å². The van der Waals surface area contributed by atoms with Crippen LogP contribution in [-0.4, -0.2) is 61.0 Å². The van der Waals surface area contributed by atoms with Gasteiger partial charge in [-0.15, -0.1) is 11.3 Å². The highest BCUT2D eigenvalue weighted by Crippen LogP contribution is 2.18. The minimum Gasteiger partial charge on any atom is -0.466 e. The molecule has 1 saturated heterocycles. The Balaban J connectivity index is 1.66. The normalized spacial score (nSPS) is 16.0. The molecular formula is C14H21N3O3S. The van der Waals surface area contributed by atoms with Gasteiger partial charge in [0.15, 0.2) is 5.13 Å². The quantitative estimate of drug-likeness (QED) is 0.705. The van der Waals surface area contributed by atoms with E-state index in [1.807, 2.05) is 11.6 Å². The summed E-state index contributed by atoms with van der Waals surface area (Å²) in [5, 5.41) is 3.02. The molecule has 1 aromatic heterocycles. The Labute approximate surface area is 128 Å². The maximum absolute atomic E-state index is 11.9. The Morgan fingerprint density at radius 3 is 2.67 bits per heavy atom. The summed E-state index contributed by atoms with van der Waals surface area (Å²) in [4.78, 5) is 31.7. The van der Waals surface area contributed by atoms with E-state index in [9.17, 15) is 9.59 Å². The van der Waals surface area contributed by atoms with Gasteiger partial charge in [-0.2, -0.15) is 0 Å². The molecule has 7 heteroatoms. The first kappa shape index (κ1) is 15.9. The molecule has 0 unspecified atom stereocenters. The minimum atomic E-state index is -0.292. The number of ether oxygens (including phenoxy) is 1. The summed E-state index contributed by atoms with van der Waals surface area (Å²) in [6.07, 6.45) is 2.27. The number of esters is 1. The number of anilines is 1. The van der Waals surface area contributed by atoms with Gasteiger partial charge in [-0.1, -0.05) is 0 Å². The fourth-order valence-electron chi connectivity index (χ4n) is 2.27. The molecule has 0 N–H and O–H groups in total. The predicted octanol–water partition coefficient (Wildman–Crippen LogP) is 1.18. The van der Waals surface area contributed by atoms with Crippen molar-refractivity contribution >= 4 is 28.2 Å². The van der Waals surface area contributed by atoms with Gasteiger partial charge in [-0.25, -0.2) is 4.98 Å². The van der Waals surface area contributed by atoms with E-state index in [0.29, 0.717) is 13.2 Å². The first-order chi connectivity index (χ1) is 10.2. The Morgan fingerprint density at radius 1 is 1.29 bits per heavy atom. The average molecular weight is 311 g/mol. The van der Waals surface area contributed by atoms with Crippen molar-refractivity contribution in [3.63, 3.8) is 0 Å². The van der Waals surface area contributed by atoms with Gasteiger partial charge >= 0.3 is 5.97 Å². The number of hydrogen-bond acceptors (Lipinski definition) is 7. The van der Waals surface area contributed by atoms with Crippen molar-refractivity contribution in [3.8, 4) is 0 Å². The van der Waals surface area contributed by atoms with Gasteiger partial charge < -0.3 is 9.64 Å². The highest BCUT2D eigenvalue weighted by molar-refractivity contribution is 7.13. The maximum Gasteiger partial charge on any atom is 0.306 e. The zero-order valence-corrected chi connectivity index (χ0v) is 13.1. The maximum atomic E-state index is 11.9. The SMILES string of the molecule is CCOC(=O)CCC(=O)CN1CCN(c2nccs2)CC1. The van der Waals surface area contributed by atoms with E-state index >= 15 is 0 Å². The molecule has 0 bridgehead atoms. The fourth-order valence-corrected chi connectivity index (χ4v) is 2.97. The molecule has 1 aromatic rings. The van der Waals surface area contributed by atoms with Crippen LogP contribution in [0.15, 0.2) is 11.6 Å². The molecule has 0 radical (unpaired) electrons. The standard InChI is InChI=1S/C14H21N3O3S/c1-2-20-13(19)4-3-12(18)11-16-6-8-17(9-7-16)14-15-5-10-21-14/h5,10H,2-4,6-9,11H2,1H3. The van der Waals surface area contributed by atoms with E-state index in [0.717, 1.165) is 31.3 Å². The molecule has 0 aliphatic carbocycles. The Hall–Kier alpha value is -1.47. The van der Waals surface area contributed by atoms with Crippen molar-refractivity contribution in [2.45, 2.75) is 19.8 Å². The van der Waals surface area contributed by atoms with Crippen LogP contribution in [-0.2, 0) is 14.3 Å². The smallest absolute Gasteiger partial charge is 0.306 e. The van der Waals surface area contributed by atoms with E-state index in [1.165, 1.54) is 0 Å². The molecule has 0 atom stereocenters. The van der Waals surface area contributed by atoms with Gasteiger partial charge in [0, 0.05) is 44.2 Å². The topological polar surface area (TPSA) is 62.7 Å². The van der Waals surface area contributed by atoms with E-state index in [4.69, 9.17) is 4.74 Å². The van der Waals surface area contributed by atoms with Crippen molar-refractivity contribution in [2.24, 2.45) is 0 Å². The number of thiazole rings is 1. The molecule has 0 amide bonds. The number of Topliss-reactive ketones (excluding diaryl/α,β-unsaturated/α-hetero) is 1. The zero-order chi connectivity index (χ0) is 15.1. The molecule has 0 saturated carbocycles. The predicted molar refractivity (Wildman–Crippen MR) is 81.6 cm³/mol. The number of rotatable bonds is 7. The average Bonchev–Trinajstić information content (AvgIpc) is 3.00. The summed E-state index contributed by atoms with van der Waals surface area (Å²) in [5.41, 5.74) is 0. The fraction of sp³-hybridized carbons (Fsp3) is 0.643. The van der Waals surface area contributed by atoms with Crippen LogP contribution in [0, 0.1) is 0 Å². The third-order valence-corrected chi connectivity index (χ3v) is 4.21. The van der Waals surface area contributed by atoms with Crippen molar-refractivity contribution in [2.75, 3.05) is 44.2 Å². The lowest BCUT2D eigenvalue weighted by Crippen LogP contribution is -2.48. The van der Waals surface area contributed by atoms with Crippen LogP contribution in [0.2, 0.25) is 0 Å². The summed E-state index contributed by atoms with van der Waals surface area (Å²) in [6.45, 7) is 6.03. The summed E-state index contributed by atoms with van der Waals surface area (Å²) in [6, 6.07) is 0. The summed E-state index contributed by atoms with van der Waals surface area (Å²) in [7, 11) is 0. The first-order valence-corrected chi connectivity index (χ1v) is 8.11. The Bertz CT molecular complexity index is 456. The molecular weight excluding hydrogens is 290 g/mol. The lowest BCUT2D eigenvalue weighted by atomic mass is 10.2. The highest BCUT2D eigenvalue weighted by atomic mass is 32.1. The molecule has 1 fully saturated rings. The third kappa shape index (κ3) is 5.09. The second-order valence-corrected chi connectivity index (χ2v) is 5.79. The van der Waals surface area contributed by atoms with Gasteiger partial charge in [-0.3, -0.25) is 14.5 Å². The van der Waals surface area contributed by atoms with Crippen LogP contribution in [0.5, 0.6) is 0 Å². The van der Waals surface area contributed by atoms with Gasteiger partial charge in [0.05, 0.1) is 19.6 Å². The lowest BCUT2D eigenvalue weighted by Gasteiger charge is -2.34. The van der Waals surface area contributed by atoms with Crippen LogP contribution < -0.4 is 4.90 Å². The summed E-state index contributed by atoms with van der Waals surface area (Å²) in [5.74, 6) is -0.190. The third-order valence-electron chi connectivity index (χ3n) is 3.38. The Morgan fingerprint density at radius 2 is 2.05 bits per heavy atom. The van der Waals surface area contributed by atoms with E-state index in [1.54, 1.807) is 18.3 Å². The first-order valence-electron chi connectivity index (χ1n) is 7.23. The molecule has 116 valence electrons. The van der Waals surface area contributed by atoms with E-state index in [2.05, 4.69) is 14.8 Å². The van der Waals surface area contributed by atoms with Crippen LogP contribution in [0.1, 0.15) is 19.8 Å². The molecule has 1 aliphatic heterocycles. The van der Waals surface area contributed by atoms with Gasteiger partial charge in [0.2, 0.25) is 0 Å². The molecule has 0 aromatic carbocycles. The van der Waals surface area contributed by atoms with Gasteiger partial charge in [0.25, 0.3) is 0 Å². The van der Waals surface area contributed by atoms with Crippen LogP contribution in [0.4, 0.5) is 5.13 Å². The van der Waals surface area contributed by atoms with Crippen molar-refractivity contribution in [3.05, 3.63) is 11.6 Å². The molecule has 0 spiro atoms. The molecule has 2 rings (SSSR count). The monoisotopic (exact) mass is 311 g/mol. The minimum absolute atomic E-state index is 0.103. The number of carbonyl (C=O) groups excluding carboxylic acids is 2. The molecule has 1 aliphatic rings. The summed E-state index contributed by atoms with van der Waals surface area (Å²) >= 11 is 1.64. The zero-order valence-electron chi connectivity index (χ0n) is 12.3. The van der Waals surface area contributed by atoms with Crippen molar-refractivity contribution < 1.29 is 14.3 Å². The number of aromatic nitrogens is 1. The van der Waals surface area contributed by atoms with Crippen molar-refractivity contribution in [1.29, 1.82) is 0 Å². The largest absolute Gasteiger partial charge is 0.466 e. The molecule has 2 heterocycles. The van der Waals surface area contributed by atoms with Crippen LogP contribution >= 0.6 is 11.3 Å². The van der Waals surface area contributed by atoms with E-state index in [-0.39, 0.29) is 24.6 Å². The lowest BCUT2D eigenvalue weighted by molar-refractivity contribution is -0.144. The molecule has 21 heavy (non-hydrogen) atoms. The van der Waals surface area contributed by atoms with Gasteiger partial charge in [-0.05, 0) is 6.92 Å². The second-order valence-electron chi connectivity index (χ2n) is 4.92. The second kappa shape index (κ2) is 8.09. The molecule has 6 nitrogen and oxygen atoms in total. The highest BCUT2D eigenvalue weighted by Gasteiger charge is 2.20. The van der Waals surface area contributed by atoms with Crippen molar-refractivity contribution in [1.82, 2.24) is 9.88 Å².